The van der Waals surface area contributed by atoms with E-state index in [9.17, 15) is 18.0 Å². The number of ether oxygens (including phenoxy) is 1. The highest BCUT2D eigenvalue weighted by Gasteiger charge is 2.42. The largest absolute Gasteiger partial charge is 0.445 e. The molecule has 8 nitrogen and oxygen atoms in total. The lowest BCUT2D eigenvalue weighted by molar-refractivity contribution is -0.138. The van der Waals surface area contributed by atoms with Crippen LogP contribution in [0.5, 0.6) is 0 Å². The molecular weight excluding hydrogens is 569 g/mol. The van der Waals surface area contributed by atoms with E-state index in [1.807, 2.05) is 90.0 Å². The number of benzene rings is 2. The Morgan fingerprint density at radius 3 is 2.41 bits per heavy atom. The van der Waals surface area contributed by atoms with Gasteiger partial charge in [0.15, 0.2) is 0 Å². The van der Waals surface area contributed by atoms with Gasteiger partial charge in [0.25, 0.3) is 0 Å². The SMILES string of the molecule is O=C(N[C@H]1CCC[C@@H](Nc2ncc(C(F)(F)F)c(C3=NN(Cc4ccccc4)C4C=CC=CC34)n2)C1)OCc1ccccc1. The molecule has 1 fully saturated rings. The number of rotatable bonds is 8. The summed E-state index contributed by atoms with van der Waals surface area (Å²) >= 11 is 0. The van der Waals surface area contributed by atoms with Gasteiger partial charge in [-0.2, -0.15) is 18.3 Å². The number of alkyl carbamates (subject to hydrolysis) is 1. The molecule has 1 aliphatic heterocycles. The number of nitrogens with one attached hydrogen (secondary N) is 2. The number of anilines is 1. The van der Waals surface area contributed by atoms with Gasteiger partial charge in [-0.15, -0.1) is 0 Å². The molecule has 0 saturated heterocycles. The lowest BCUT2D eigenvalue weighted by Gasteiger charge is -2.30. The summed E-state index contributed by atoms with van der Waals surface area (Å²) in [5.74, 6) is -0.292. The minimum atomic E-state index is -4.66. The molecule has 2 heterocycles. The van der Waals surface area contributed by atoms with E-state index in [0.717, 1.165) is 36.6 Å². The number of nitrogens with zero attached hydrogens (tertiary/aromatic N) is 4. The Balaban J connectivity index is 1.18. The molecule has 0 spiro atoms. The Kier molecular flexibility index (Phi) is 8.63. The van der Waals surface area contributed by atoms with Gasteiger partial charge < -0.3 is 15.4 Å². The van der Waals surface area contributed by atoms with E-state index in [0.29, 0.717) is 13.0 Å². The van der Waals surface area contributed by atoms with Gasteiger partial charge in [-0.3, -0.25) is 5.01 Å². The summed E-state index contributed by atoms with van der Waals surface area (Å²) in [6.45, 7) is 0.619. The van der Waals surface area contributed by atoms with E-state index in [1.54, 1.807) is 0 Å². The van der Waals surface area contributed by atoms with Gasteiger partial charge in [0.05, 0.1) is 18.3 Å². The van der Waals surface area contributed by atoms with Gasteiger partial charge in [0.2, 0.25) is 5.95 Å². The second-order valence-corrected chi connectivity index (χ2v) is 11.2. The van der Waals surface area contributed by atoms with Gasteiger partial charge in [-0.1, -0.05) is 85.0 Å². The number of alkyl halides is 3. The predicted octanol–water partition coefficient (Wildman–Crippen LogP) is 6.48. The zero-order valence-electron chi connectivity index (χ0n) is 24.0. The fourth-order valence-corrected chi connectivity index (χ4v) is 5.94. The summed E-state index contributed by atoms with van der Waals surface area (Å²) in [5, 5.41) is 12.7. The number of hydrazone groups is 1. The number of halogens is 3. The van der Waals surface area contributed by atoms with Gasteiger partial charge in [0.1, 0.15) is 17.9 Å². The molecule has 0 bridgehead atoms. The van der Waals surface area contributed by atoms with Gasteiger partial charge in [-0.05, 0) is 36.8 Å². The first-order valence-corrected chi connectivity index (χ1v) is 14.8. The molecule has 2 aliphatic carbocycles. The fraction of sp³-hybridized carbons (Fsp3) is 0.333. The van der Waals surface area contributed by atoms with Crippen molar-refractivity contribution in [2.24, 2.45) is 11.0 Å². The molecule has 11 heteroatoms. The molecule has 3 aliphatic rings. The number of amides is 1. The van der Waals surface area contributed by atoms with E-state index >= 15 is 0 Å². The number of hydrogen-bond donors (Lipinski definition) is 2. The van der Waals surface area contributed by atoms with Crippen LogP contribution in [0.3, 0.4) is 0 Å². The second kappa shape index (κ2) is 12.9. The number of aromatic nitrogens is 2. The molecule has 1 aromatic heterocycles. The number of allylic oxidation sites excluding steroid dienone is 2. The van der Waals surface area contributed by atoms with Crippen molar-refractivity contribution in [2.75, 3.05) is 5.32 Å². The molecule has 4 atom stereocenters. The highest BCUT2D eigenvalue weighted by molar-refractivity contribution is 6.04. The van der Waals surface area contributed by atoms with Crippen molar-refractivity contribution in [1.82, 2.24) is 20.3 Å². The van der Waals surface area contributed by atoms with Crippen molar-refractivity contribution < 1.29 is 22.7 Å². The van der Waals surface area contributed by atoms with Crippen LogP contribution in [0.4, 0.5) is 23.9 Å². The number of carbonyl (C=O) groups excluding carboxylic acids is 1. The van der Waals surface area contributed by atoms with Crippen LogP contribution in [0.2, 0.25) is 0 Å². The average Bonchev–Trinajstić information content (AvgIpc) is 3.39. The summed E-state index contributed by atoms with van der Waals surface area (Å²) in [6, 6.07) is 18.6. The van der Waals surface area contributed by atoms with Crippen molar-refractivity contribution in [3.8, 4) is 0 Å². The van der Waals surface area contributed by atoms with E-state index in [2.05, 4.69) is 20.6 Å². The normalized spacial score (nSPS) is 22.7. The summed E-state index contributed by atoms with van der Waals surface area (Å²) in [7, 11) is 0. The monoisotopic (exact) mass is 602 g/mol. The van der Waals surface area contributed by atoms with Crippen LogP contribution >= 0.6 is 0 Å². The Bertz CT molecular complexity index is 1540. The van der Waals surface area contributed by atoms with Gasteiger partial charge >= 0.3 is 12.3 Å². The molecule has 2 aromatic carbocycles. The molecule has 0 radical (unpaired) electrons. The lowest BCUT2D eigenvalue weighted by Crippen LogP contribution is -2.42. The maximum atomic E-state index is 14.3. The quantitative estimate of drug-likeness (QED) is 0.307. The average molecular weight is 603 g/mol. The summed E-state index contributed by atoms with van der Waals surface area (Å²) in [6.07, 6.45) is 6.14. The number of carbonyl (C=O) groups is 1. The molecule has 1 saturated carbocycles. The maximum Gasteiger partial charge on any atom is 0.420 e. The summed E-state index contributed by atoms with van der Waals surface area (Å²) in [4.78, 5) is 20.9. The summed E-state index contributed by atoms with van der Waals surface area (Å²) < 4.78 is 48.1. The molecule has 1 amide bonds. The van der Waals surface area contributed by atoms with E-state index in [1.165, 1.54) is 0 Å². The van der Waals surface area contributed by atoms with Gasteiger partial charge in [0, 0.05) is 24.2 Å². The minimum absolute atomic E-state index is 0.0985. The zero-order chi connectivity index (χ0) is 30.5. The fourth-order valence-electron chi connectivity index (χ4n) is 5.94. The van der Waals surface area contributed by atoms with Crippen LogP contribution in [-0.4, -0.2) is 44.9 Å². The Morgan fingerprint density at radius 2 is 1.66 bits per heavy atom. The Morgan fingerprint density at radius 1 is 0.955 bits per heavy atom. The molecule has 6 rings (SSSR count). The first-order valence-electron chi connectivity index (χ1n) is 14.8. The number of fused-ring (bicyclic) bond motifs is 1. The van der Waals surface area contributed by atoms with Crippen molar-refractivity contribution in [2.45, 2.75) is 63.1 Å². The summed E-state index contributed by atoms with van der Waals surface area (Å²) in [5.41, 5.74) is 1.01. The maximum absolute atomic E-state index is 14.3. The number of hydrogen-bond acceptors (Lipinski definition) is 7. The molecule has 228 valence electrons. The van der Waals surface area contributed by atoms with Crippen LogP contribution in [0.25, 0.3) is 0 Å². The van der Waals surface area contributed by atoms with Crippen LogP contribution in [0, 0.1) is 5.92 Å². The van der Waals surface area contributed by atoms with Crippen LogP contribution in [0.1, 0.15) is 48.1 Å². The Hall–Kier alpha value is -4.67. The topological polar surface area (TPSA) is 91.7 Å². The zero-order valence-corrected chi connectivity index (χ0v) is 24.0. The van der Waals surface area contributed by atoms with E-state index in [4.69, 9.17) is 9.84 Å². The Labute approximate surface area is 253 Å². The van der Waals surface area contributed by atoms with E-state index < -0.39 is 23.8 Å². The molecule has 2 N–H and O–H groups in total. The van der Waals surface area contributed by atoms with Crippen molar-refractivity contribution in [3.63, 3.8) is 0 Å². The molecule has 3 aromatic rings. The lowest BCUT2D eigenvalue weighted by atomic mass is 9.88. The molecule has 2 unspecified atom stereocenters. The first kappa shape index (κ1) is 29.4. The van der Waals surface area contributed by atoms with Crippen LogP contribution < -0.4 is 10.6 Å². The van der Waals surface area contributed by atoms with E-state index in [-0.39, 0.29) is 42.1 Å². The third kappa shape index (κ3) is 6.93. The first-order chi connectivity index (χ1) is 21.3. The highest BCUT2D eigenvalue weighted by atomic mass is 19.4. The third-order valence-electron chi connectivity index (χ3n) is 8.07. The standard InChI is InChI=1S/C33H33F3N6O2/c34-33(35,36)27-19-37-31(38-24-14-9-15-25(18-24)39-32(43)44-21-23-12-5-2-6-13-23)40-30(27)29-26-16-7-8-17-28(26)42(41-29)20-22-10-3-1-4-11-22/h1-8,10-13,16-17,19,24-26,28H,9,14-15,18,20-21H2,(H,39,43)(H,37,38,40)/t24-,25+,26?,28?/m1/s1. The second-order valence-electron chi connectivity index (χ2n) is 11.2. The predicted molar refractivity (Wildman–Crippen MR) is 161 cm³/mol. The van der Waals surface area contributed by atoms with Crippen molar-refractivity contribution >= 4 is 17.8 Å². The van der Waals surface area contributed by atoms with Gasteiger partial charge in [-0.25, -0.2) is 14.8 Å². The smallest absolute Gasteiger partial charge is 0.420 e. The van der Waals surface area contributed by atoms with Crippen molar-refractivity contribution in [1.29, 1.82) is 0 Å². The third-order valence-corrected chi connectivity index (χ3v) is 8.07. The minimum Gasteiger partial charge on any atom is -0.445 e. The van der Waals surface area contributed by atoms with Crippen LogP contribution in [-0.2, 0) is 24.1 Å². The van der Waals surface area contributed by atoms with Crippen LogP contribution in [0.15, 0.2) is 96.3 Å². The highest BCUT2D eigenvalue weighted by Crippen LogP contribution is 2.37. The molecule has 44 heavy (non-hydrogen) atoms. The van der Waals surface area contributed by atoms with Crippen molar-refractivity contribution in [3.05, 3.63) is 114 Å². The molecular formula is C33H33F3N6O2.